The van der Waals surface area contributed by atoms with Crippen molar-refractivity contribution < 1.29 is 23.5 Å². The molecule has 1 rings (SSSR count). The minimum Gasteiger partial charge on any atom is -0.481 e. The standard InChI is InChI=1S/C12H13F2NO3S/c1-7(6-10(16)17)15-11(18)8-2-4-9(5-3-8)19-12(13)14/h2-5,7,12H,6H2,1H3,(H,15,18)(H,16,17). The zero-order valence-corrected chi connectivity index (χ0v) is 10.9. The average Bonchev–Trinajstić information content (AvgIpc) is 2.27. The van der Waals surface area contributed by atoms with E-state index in [2.05, 4.69) is 5.32 Å². The number of benzene rings is 1. The molecule has 0 saturated carbocycles. The third kappa shape index (κ3) is 5.69. The Kier molecular flexibility index (Phi) is 5.75. The average molecular weight is 289 g/mol. The van der Waals surface area contributed by atoms with E-state index in [0.29, 0.717) is 22.2 Å². The van der Waals surface area contributed by atoms with Gasteiger partial charge in [-0.15, -0.1) is 0 Å². The van der Waals surface area contributed by atoms with Gasteiger partial charge in [-0.05, 0) is 31.2 Å². The number of nitrogens with one attached hydrogen (secondary N) is 1. The quantitative estimate of drug-likeness (QED) is 0.790. The Morgan fingerprint density at radius 1 is 1.32 bits per heavy atom. The van der Waals surface area contributed by atoms with E-state index in [0.717, 1.165) is 0 Å². The summed E-state index contributed by atoms with van der Waals surface area (Å²) in [5.74, 6) is -3.94. The molecule has 0 saturated heterocycles. The lowest BCUT2D eigenvalue weighted by Gasteiger charge is -2.11. The SMILES string of the molecule is CC(CC(=O)O)NC(=O)c1ccc(SC(F)F)cc1. The molecule has 0 aliphatic rings. The van der Waals surface area contributed by atoms with Gasteiger partial charge in [-0.25, -0.2) is 0 Å². The number of carbonyl (C=O) groups is 2. The predicted molar refractivity (Wildman–Crippen MR) is 67.5 cm³/mol. The van der Waals surface area contributed by atoms with Gasteiger partial charge < -0.3 is 10.4 Å². The molecular formula is C12H13F2NO3S. The lowest BCUT2D eigenvalue weighted by Crippen LogP contribution is -2.34. The maximum Gasteiger partial charge on any atom is 0.305 e. The van der Waals surface area contributed by atoms with E-state index in [1.807, 2.05) is 0 Å². The van der Waals surface area contributed by atoms with E-state index in [-0.39, 0.29) is 6.42 Å². The molecule has 0 bridgehead atoms. The molecule has 1 unspecified atom stereocenters. The summed E-state index contributed by atoms with van der Waals surface area (Å²) in [6, 6.07) is 5.20. The van der Waals surface area contributed by atoms with Crippen LogP contribution in [-0.4, -0.2) is 28.8 Å². The summed E-state index contributed by atoms with van der Waals surface area (Å²) >= 11 is 0.398. The van der Waals surface area contributed by atoms with Crippen LogP contribution in [-0.2, 0) is 4.79 Å². The summed E-state index contributed by atoms with van der Waals surface area (Å²) in [4.78, 5) is 22.5. The monoisotopic (exact) mass is 289 g/mol. The van der Waals surface area contributed by atoms with Gasteiger partial charge >= 0.3 is 5.97 Å². The molecular weight excluding hydrogens is 276 g/mol. The van der Waals surface area contributed by atoms with E-state index in [1.54, 1.807) is 6.92 Å². The summed E-state index contributed by atoms with van der Waals surface area (Å²) in [6.45, 7) is 1.58. The van der Waals surface area contributed by atoms with Crippen molar-refractivity contribution in [2.24, 2.45) is 0 Å². The molecule has 0 fully saturated rings. The van der Waals surface area contributed by atoms with Crippen LogP contribution in [0.1, 0.15) is 23.7 Å². The topological polar surface area (TPSA) is 66.4 Å². The Bertz CT molecular complexity index is 451. The van der Waals surface area contributed by atoms with Gasteiger partial charge in [0.1, 0.15) is 0 Å². The highest BCUT2D eigenvalue weighted by Crippen LogP contribution is 2.25. The van der Waals surface area contributed by atoms with E-state index in [4.69, 9.17) is 5.11 Å². The van der Waals surface area contributed by atoms with Crippen LogP contribution in [0.3, 0.4) is 0 Å². The fourth-order valence-electron chi connectivity index (χ4n) is 1.41. The number of hydrogen-bond donors (Lipinski definition) is 2. The minimum atomic E-state index is -2.50. The third-order valence-corrected chi connectivity index (χ3v) is 2.92. The Labute approximate surface area is 113 Å². The normalized spacial score (nSPS) is 12.2. The largest absolute Gasteiger partial charge is 0.481 e. The van der Waals surface area contributed by atoms with Crippen molar-refractivity contribution in [3.63, 3.8) is 0 Å². The highest BCUT2D eigenvalue weighted by molar-refractivity contribution is 7.99. The van der Waals surface area contributed by atoms with Crippen LogP contribution >= 0.6 is 11.8 Å². The van der Waals surface area contributed by atoms with Crippen molar-refractivity contribution >= 4 is 23.6 Å². The molecule has 0 spiro atoms. The van der Waals surface area contributed by atoms with Gasteiger partial charge in [0, 0.05) is 16.5 Å². The summed E-state index contributed by atoms with van der Waals surface area (Å²) in [5.41, 5.74) is 0.302. The molecule has 1 amide bonds. The van der Waals surface area contributed by atoms with Gasteiger partial charge in [-0.2, -0.15) is 8.78 Å². The molecule has 104 valence electrons. The first-order valence-corrected chi connectivity index (χ1v) is 6.34. The number of carbonyl (C=O) groups excluding carboxylic acids is 1. The lowest BCUT2D eigenvalue weighted by atomic mass is 10.2. The molecule has 7 heteroatoms. The zero-order chi connectivity index (χ0) is 14.4. The van der Waals surface area contributed by atoms with Crippen molar-refractivity contribution in [3.8, 4) is 0 Å². The number of amides is 1. The van der Waals surface area contributed by atoms with Crippen molar-refractivity contribution in [2.75, 3.05) is 0 Å². The molecule has 2 N–H and O–H groups in total. The summed E-state index contributed by atoms with van der Waals surface area (Å²) < 4.78 is 24.2. The minimum absolute atomic E-state index is 0.176. The number of thioether (sulfide) groups is 1. The number of hydrogen-bond acceptors (Lipinski definition) is 3. The predicted octanol–water partition coefficient (Wildman–Crippen LogP) is 2.59. The van der Waals surface area contributed by atoms with Crippen LogP contribution < -0.4 is 5.32 Å². The fraction of sp³-hybridized carbons (Fsp3) is 0.333. The number of aliphatic carboxylic acids is 1. The number of carboxylic acids is 1. The highest BCUT2D eigenvalue weighted by Gasteiger charge is 2.13. The second-order valence-electron chi connectivity index (χ2n) is 3.88. The van der Waals surface area contributed by atoms with E-state index < -0.39 is 23.7 Å². The van der Waals surface area contributed by atoms with Crippen LogP contribution in [0.25, 0.3) is 0 Å². The molecule has 1 atom stereocenters. The summed E-state index contributed by atoms with van der Waals surface area (Å²) in [7, 11) is 0. The number of rotatable bonds is 6. The van der Waals surface area contributed by atoms with Crippen molar-refractivity contribution in [2.45, 2.75) is 30.0 Å². The Morgan fingerprint density at radius 3 is 2.37 bits per heavy atom. The van der Waals surface area contributed by atoms with Crippen molar-refractivity contribution in [3.05, 3.63) is 29.8 Å². The summed E-state index contributed by atoms with van der Waals surface area (Å²) in [6.07, 6.45) is -0.176. The van der Waals surface area contributed by atoms with Crippen molar-refractivity contribution in [1.82, 2.24) is 5.32 Å². The number of alkyl halides is 2. The van der Waals surface area contributed by atoms with Gasteiger partial charge in [0.2, 0.25) is 0 Å². The van der Waals surface area contributed by atoms with Gasteiger partial charge in [-0.3, -0.25) is 9.59 Å². The van der Waals surface area contributed by atoms with E-state index in [1.165, 1.54) is 24.3 Å². The highest BCUT2D eigenvalue weighted by atomic mass is 32.2. The zero-order valence-electron chi connectivity index (χ0n) is 10.1. The Morgan fingerprint density at radius 2 is 1.89 bits per heavy atom. The Hall–Kier alpha value is -1.63. The van der Waals surface area contributed by atoms with Crippen LogP contribution in [0.2, 0.25) is 0 Å². The van der Waals surface area contributed by atoms with Gasteiger partial charge in [0.25, 0.3) is 11.7 Å². The lowest BCUT2D eigenvalue weighted by molar-refractivity contribution is -0.137. The molecule has 0 heterocycles. The Balaban J connectivity index is 2.60. The van der Waals surface area contributed by atoms with Gasteiger partial charge in [-0.1, -0.05) is 11.8 Å². The summed E-state index contributed by atoms with van der Waals surface area (Å²) in [5, 5.41) is 11.1. The molecule has 1 aromatic carbocycles. The smallest absolute Gasteiger partial charge is 0.305 e. The maximum atomic E-state index is 12.1. The van der Waals surface area contributed by atoms with Crippen LogP contribution in [0.15, 0.2) is 29.2 Å². The van der Waals surface area contributed by atoms with Crippen LogP contribution in [0, 0.1) is 0 Å². The second-order valence-corrected chi connectivity index (χ2v) is 4.94. The molecule has 19 heavy (non-hydrogen) atoms. The molecule has 1 aromatic rings. The second kappa shape index (κ2) is 7.08. The maximum absolute atomic E-state index is 12.1. The fourth-order valence-corrected chi connectivity index (χ4v) is 1.91. The number of carboxylic acid groups (broad SMARTS) is 1. The molecule has 0 aliphatic carbocycles. The first-order chi connectivity index (χ1) is 8.88. The molecule has 0 aromatic heterocycles. The van der Waals surface area contributed by atoms with Gasteiger partial charge in [0.05, 0.1) is 6.42 Å². The number of halogens is 2. The van der Waals surface area contributed by atoms with Crippen LogP contribution in [0.4, 0.5) is 8.78 Å². The van der Waals surface area contributed by atoms with Gasteiger partial charge in [0.15, 0.2) is 0 Å². The first-order valence-electron chi connectivity index (χ1n) is 5.46. The molecule has 0 radical (unpaired) electrons. The third-order valence-electron chi connectivity index (χ3n) is 2.20. The van der Waals surface area contributed by atoms with E-state index in [9.17, 15) is 18.4 Å². The molecule has 4 nitrogen and oxygen atoms in total. The first kappa shape index (κ1) is 15.4. The molecule has 0 aliphatic heterocycles. The van der Waals surface area contributed by atoms with Crippen LogP contribution in [0.5, 0.6) is 0 Å². The van der Waals surface area contributed by atoms with Crippen molar-refractivity contribution in [1.29, 1.82) is 0 Å². The van der Waals surface area contributed by atoms with E-state index >= 15 is 0 Å².